The molecule has 13 rings (SSSR count). The summed E-state index contributed by atoms with van der Waals surface area (Å²) < 4.78 is 76.3. The van der Waals surface area contributed by atoms with E-state index >= 15 is 0 Å². The zero-order chi connectivity index (χ0) is 56.4. The molecule has 19 nitrogen and oxygen atoms in total. The standard InChI is InChI=1S/C60H67ClFN9O10S/c1-36(2)80-53-6-4-3-5-43(53)52-33-67(32-37-7-10-45(61)46(62)25-37)20-21-69(52)41-30-60(31-41)15-18-68(19-16-60)40-8-9-44(49(27-40)70-48-14-24-78-35-55(48)81-59-51(70)26-39-11-17-63-57(39)65-59)58(72)66-82(75,76)42-28-50(71(73)74)56-54(29-42)79-34-47(64-56)38-12-22-77-23-13-38/h3-11,17,25-29,36,38,41,47-48,52,55,64H,12-16,18-24,30-35H2,1-2H3,(H,63,65)(H,66,72)/t47-,48-,52-,55-/m0/s1. The summed E-state index contributed by atoms with van der Waals surface area (Å²) in [6.07, 6.45) is 7.42. The van der Waals surface area contributed by atoms with Gasteiger partial charge in [0.1, 0.15) is 35.6 Å². The van der Waals surface area contributed by atoms with Crippen molar-refractivity contribution in [1.29, 1.82) is 0 Å². The van der Waals surface area contributed by atoms with Crippen LogP contribution in [0.4, 0.5) is 32.8 Å². The molecule has 3 N–H and O–H groups in total. The molecule has 1 aliphatic carbocycles. The fourth-order valence-electron chi connectivity index (χ4n) is 13.8. The predicted molar refractivity (Wildman–Crippen MR) is 308 cm³/mol. The minimum Gasteiger partial charge on any atom is -0.491 e. The first-order chi connectivity index (χ1) is 39.7. The molecular formula is C60H67ClFN9O10S. The van der Waals surface area contributed by atoms with Gasteiger partial charge in [-0.2, -0.15) is 4.98 Å². The van der Waals surface area contributed by atoms with Crippen molar-refractivity contribution in [2.45, 2.75) is 107 Å². The number of nitro groups is 1. The van der Waals surface area contributed by atoms with E-state index in [2.05, 4.69) is 52.8 Å². The molecule has 4 atom stereocenters. The second-order valence-corrected chi connectivity index (χ2v) is 25.5. The first kappa shape index (κ1) is 54.5. The number of piperidine rings is 1. The lowest BCUT2D eigenvalue weighted by Crippen LogP contribution is -2.59. The number of rotatable bonds is 13. The van der Waals surface area contributed by atoms with Gasteiger partial charge in [0.05, 0.1) is 56.9 Å². The highest BCUT2D eigenvalue weighted by Gasteiger charge is 2.51. The average molecular weight is 1160 g/mol. The Morgan fingerprint density at radius 3 is 2.55 bits per heavy atom. The van der Waals surface area contributed by atoms with Crippen molar-refractivity contribution in [2.24, 2.45) is 11.3 Å². The topological polar surface area (TPSA) is 206 Å². The van der Waals surface area contributed by atoms with E-state index in [-0.39, 0.29) is 70.8 Å². The van der Waals surface area contributed by atoms with Crippen LogP contribution in [0.2, 0.25) is 5.02 Å². The van der Waals surface area contributed by atoms with Gasteiger partial charge in [-0.25, -0.2) is 17.5 Å². The Kier molecular flexibility index (Phi) is 14.7. The molecule has 0 unspecified atom stereocenters. The highest BCUT2D eigenvalue weighted by Crippen LogP contribution is 2.54. The zero-order valence-corrected chi connectivity index (χ0v) is 47.4. The van der Waals surface area contributed by atoms with Crippen LogP contribution in [0.3, 0.4) is 0 Å². The first-order valence-corrected chi connectivity index (χ1v) is 30.5. The lowest BCUT2D eigenvalue weighted by molar-refractivity contribution is -0.384. The summed E-state index contributed by atoms with van der Waals surface area (Å²) in [5, 5.41) is 16.8. The van der Waals surface area contributed by atoms with Crippen molar-refractivity contribution in [3.8, 4) is 17.4 Å². The number of anilines is 4. The second kappa shape index (κ2) is 22.1. The fraction of sp³-hybridized carbons (Fsp3) is 0.467. The molecule has 4 saturated heterocycles. The molecule has 8 heterocycles. The molecular weight excluding hydrogens is 1090 g/mol. The van der Waals surface area contributed by atoms with E-state index in [1.165, 1.54) is 12.1 Å². The van der Waals surface area contributed by atoms with E-state index in [4.69, 9.17) is 40.3 Å². The number of H-pyrrole nitrogens is 1. The van der Waals surface area contributed by atoms with Gasteiger partial charge in [-0.1, -0.05) is 35.9 Å². The van der Waals surface area contributed by atoms with Crippen LogP contribution in [0.15, 0.2) is 96.0 Å². The van der Waals surface area contributed by atoms with E-state index in [1.807, 2.05) is 50.2 Å². The lowest BCUT2D eigenvalue weighted by Gasteiger charge is -2.58. The van der Waals surface area contributed by atoms with Crippen LogP contribution < -0.4 is 34.0 Å². The van der Waals surface area contributed by atoms with Gasteiger partial charge in [-0.05, 0) is 124 Å². The quantitative estimate of drug-likeness (QED) is 0.0727. The number of benzene rings is 4. The highest BCUT2D eigenvalue weighted by atomic mass is 35.5. The number of ether oxygens (including phenoxy) is 5. The Labute approximate surface area is 480 Å². The van der Waals surface area contributed by atoms with Crippen LogP contribution in [0.25, 0.3) is 11.0 Å². The van der Waals surface area contributed by atoms with E-state index in [0.717, 1.165) is 105 Å². The maximum atomic E-state index is 14.9. The Morgan fingerprint density at radius 1 is 0.951 bits per heavy atom. The van der Waals surface area contributed by atoms with Crippen molar-refractivity contribution in [1.82, 2.24) is 24.5 Å². The number of nitrogens with zero attached hydrogens (tertiary/aromatic N) is 6. The molecule has 6 aliphatic heterocycles. The number of halogens is 2. The number of hydrogen-bond acceptors (Lipinski definition) is 16. The maximum absolute atomic E-state index is 14.9. The van der Waals surface area contributed by atoms with Gasteiger partial charge in [-0.15, -0.1) is 0 Å². The highest BCUT2D eigenvalue weighted by molar-refractivity contribution is 7.90. The number of nitro benzene ring substituents is 1. The van der Waals surface area contributed by atoms with Crippen molar-refractivity contribution in [3.05, 3.63) is 129 Å². The minimum atomic E-state index is -4.73. The summed E-state index contributed by atoms with van der Waals surface area (Å²) in [7, 11) is -4.73. The zero-order valence-electron chi connectivity index (χ0n) is 45.9. The number of piperazine rings is 1. The molecule has 4 aromatic carbocycles. The number of para-hydroxylation sites is 1. The van der Waals surface area contributed by atoms with Crippen LogP contribution in [0.5, 0.6) is 17.4 Å². The first-order valence-electron chi connectivity index (χ1n) is 28.6. The normalized spacial score (nSPS) is 23.2. The van der Waals surface area contributed by atoms with Gasteiger partial charge in [0.25, 0.3) is 21.6 Å². The van der Waals surface area contributed by atoms with Crippen LogP contribution in [0, 0.1) is 27.3 Å². The summed E-state index contributed by atoms with van der Waals surface area (Å²) in [4.78, 5) is 43.9. The maximum Gasteiger partial charge on any atom is 0.297 e. The molecule has 5 fully saturated rings. The SMILES string of the molecule is CC(C)Oc1ccccc1[C@@H]1CN(Cc2ccc(Cl)c(F)c2)CCN1C1CC2(CCN(c3ccc(C(=O)NS(=O)(=O)c4cc5c(c([N+](=O)[O-])c4)N[C@H](C4CCOCC4)CO5)c(N4c5cc6cc[nH]c6nc5O[C@H]5COCC[C@@H]54)c3)CC2)C1. The number of aromatic amines is 1. The van der Waals surface area contributed by atoms with Gasteiger partial charge < -0.3 is 43.8 Å². The number of carbonyl (C=O) groups is 1. The minimum absolute atomic E-state index is 0.00341. The van der Waals surface area contributed by atoms with Crippen LogP contribution in [-0.2, 0) is 26.0 Å². The van der Waals surface area contributed by atoms with E-state index in [0.29, 0.717) is 61.7 Å². The van der Waals surface area contributed by atoms with Gasteiger partial charge in [0.2, 0.25) is 5.88 Å². The number of carbonyl (C=O) groups excluding carboxylic acids is 1. The molecule has 6 aromatic rings. The van der Waals surface area contributed by atoms with Crippen molar-refractivity contribution in [2.75, 3.05) is 80.9 Å². The monoisotopic (exact) mass is 1160 g/mol. The molecule has 1 amide bonds. The molecule has 432 valence electrons. The second-order valence-electron chi connectivity index (χ2n) is 23.4. The van der Waals surface area contributed by atoms with Crippen molar-refractivity contribution < 1.29 is 46.2 Å². The Morgan fingerprint density at radius 2 is 1.76 bits per heavy atom. The van der Waals surface area contributed by atoms with E-state index in [9.17, 15) is 27.7 Å². The molecule has 22 heteroatoms. The largest absolute Gasteiger partial charge is 0.491 e. The van der Waals surface area contributed by atoms with Gasteiger partial charge in [-0.3, -0.25) is 24.7 Å². The third kappa shape index (κ3) is 10.6. The third-order valence-corrected chi connectivity index (χ3v) is 19.6. The summed E-state index contributed by atoms with van der Waals surface area (Å²) >= 11 is 6.06. The van der Waals surface area contributed by atoms with Gasteiger partial charge >= 0.3 is 0 Å². The van der Waals surface area contributed by atoms with Crippen molar-refractivity contribution >= 4 is 67.0 Å². The molecule has 1 saturated carbocycles. The number of sulfonamides is 1. The molecule has 82 heavy (non-hydrogen) atoms. The molecule has 1 spiro atoms. The Hall–Kier alpha value is -6.75. The number of hydrogen-bond donors (Lipinski definition) is 3. The molecule has 0 bridgehead atoms. The van der Waals surface area contributed by atoms with Gasteiger partial charge in [0.15, 0.2) is 11.4 Å². The van der Waals surface area contributed by atoms with Crippen LogP contribution in [-0.4, -0.2) is 135 Å². The van der Waals surface area contributed by atoms with Gasteiger partial charge in [0, 0.05) is 100 Å². The Balaban J connectivity index is 0.773. The number of pyridine rings is 1. The number of amides is 1. The summed E-state index contributed by atoms with van der Waals surface area (Å²) in [6.45, 7) is 10.7. The third-order valence-electron chi connectivity index (χ3n) is 18.0. The summed E-state index contributed by atoms with van der Waals surface area (Å²) in [5.41, 5.74) is 4.46. The summed E-state index contributed by atoms with van der Waals surface area (Å²) in [6, 6.07) is 24.9. The Bertz CT molecular complexity index is 3530. The molecule has 2 aromatic heterocycles. The lowest BCUT2D eigenvalue weighted by atomic mass is 9.59. The van der Waals surface area contributed by atoms with Crippen molar-refractivity contribution in [3.63, 3.8) is 0 Å². The predicted octanol–water partition coefficient (Wildman–Crippen LogP) is 9.77. The molecule has 7 aliphatic rings. The fourth-order valence-corrected chi connectivity index (χ4v) is 14.9. The smallest absolute Gasteiger partial charge is 0.297 e. The van der Waals surface area contributed by atoms with E-state index < -0.39 is 43.4 Å². The summed E-state index contributed by atoms with van der Waals surface area (Å²) in [5.74, 6) is 0.0693. The van der Waals surface area contributed by atoms with Crippen LogP contribution >= 0.6 is 11.6 Å². The number of fused-ring (bicyclic) bond motifs is 4. The molecule has 0 radical (unpaired) electrons. The number of nitrogens with one attached hydrogen (secondary N) is 3. The van der Waals surface area contributed by atoms with Crippen LogP contribution in [0.1, 0.15) is 86.3 Å². The number of aromatic nitrogens is 2. The average Bonchev–Trinajstić information content (AvgIpc) is 3.06. The van der Waals surface area contributed by atoms with E-state index in [1.54, 1.807) is 18.3 Å².